The highest BCUT2D eigenvalue weighted by Gasteiger charge is 2.61. The number of aliphatic hydroxyl groups is 1. The average Bonchev–Trinajstić information content (AvgIpc) is 2.75. The van der Waals surface area contributed by atoms with E-state index >= 15 is 0 Å². The van der Waals surface area contributed by atoms with E-state index in [9.17, 15) is 14.7 Å². The van der Waals surface area contributed by atoms with Gasteiger partial charge in [0.15, 0.2) is 0 Å². The third kappa shape index (κ3) is 1.90. The van der Waals surface area contributed by atoms with Crippen molar-refractivity contribution in [2.24, 2.45) is 34.5 Å². The number of fused-ring (bicyclic) bond motifs is 5. The number of carbonyl (C=O) groups excluding carboxylic acids is 2. The lowest BCUT2D eigenvalue weighted by atomic mass is 9.45. The molecule has 0 radical (unpaired) electrons. The molecule has 0 aromatic heterocycles. The summed E-state index contributed by atoms with van der Waals surface area (Å²) < 4.78 is 0. The van der Waals surface area contributed by atoms with E-state index < -0.39 is 0 Å². The molecule has 122 valence electrons. The number of hydrogen-bond acceptors (Lipinski definition) is 3. The zero-order chi connectivity index (χ0) is 15.7. The Morgan fingerprint density at radius 2 is 1.82 bits per heavy atom. The summed E-state index contributed by atoms with van der Waals surface area (Å²) in [4.78, 5) is 25.0. The van der Waals surface area contributed by atoms with Crippen LogP contribution in [0.1, 0.15) is 65.2 Å². The van der Waals surface area contributed by atoms with Crippen molar-refractivity contribution in [3.63, 3.8) is 0 Å². The van der Waals surface area contributed by atoms with Crippen LogP contribution in [-0.4, -0.2) is 22.8 Å². The molecule has 22 heavy (non-hydrogen) atoms. The zero-order valence-corrected chi connectivity index (χ0v) is 13.8. The largest absolute Gasteiger partial charge is 0.393 e. The van der Waals surface area contributed by atoms with Crippen LogP contribution in [0.25, 0.3) is 0 Å². The normalized spacial score (nSPS) is 54.6. The van der Waals surface area contributed by atoms with Crippen LogP contribution in [0.15, 0.2) is 0 Å². The van der Waals surface area contributed by atoms with Crippen LogP contribution in [0, 0.1) is 34.5 Å². The zero-order valence-electron chi connectivity index (χ0n) is 13.8. The molecular weight excluding hydrogens is 276 g/mol. The lowest BCUT2D eigenvalue weighted by Gasteiger charge is -2.59. The molecule has 0 amide bonds. The maximum Gasteiger partial charge on any atom is 0.136 e. The van der Waals surface area contributed by atoms with Gasteiger partial charge >= 0.3 is 0 Å². The van der Waals surface area contributed by atoms with E-state index in [4.69, 9.17) is 0 Å². The second-order valence-corrected chi connectivity index (χ2v) is 9.15. The Balaban J connectivity index is 1.70. The lowest BCUT2D eigenvalue weighted by molar-refractivity contribution is -0.158. The fraction of sp³-hybridized carbons (Fsp3) is 0.895. The fourth-order valence-electron chi connectivity index (χ4n) is 6.69. The summed E-state index contributed by atoms with van der Waals surface area (Å²) in [5.41, 5.74) is 0.274. The monoisotopic (exact) mass is 304 g/mol. The molecular formula is C19H28O3. The Bertz CT molecular complexity index is 527. The van der Waals surface area contributed by atoms with E-state index in [1.807, 2.05) is 0 Å². The van der Waals surface area contributed by atoms with E-state index in [1.54, 1.807) is 0 Å². The summed E-state index contributed by atoms with van der Waals surface area (Å²) in [6, 6.07) is 0. The number of ketones is 2. The Morgan fingerprint density at radius 3 is 2.59 bits per heavy atom. The highest BCUT2D eigenvalue weighted by Crippen LogP contribution is 2.64. The van der Waals surface area contributed by atoms with Crippen molar-refractivity contribution in [1.29, 1.82) is 0 Å². The summed E-state index contributed by atoms with van der Waals surface area (Å²) in [5, 5.41) is 10.0. The molecule has 0 aliphatic heterocycles. The molecule has 0 bridgehead atoms. The molecule has 3 heteroatoms. The quantitative estimate of drug-likeness (QED) is 0.748. The van der Waals surface area contributed by atoms with Crippen LogP contribution in [0.2, 0.25) is 0 Å². The number of carbonyl (C=O) groups is 2. The molecule has 4 fully saturated rings. The van der Waals surface area contributed by atoms with Gasteiger partial charge in [0.2, 0.25) is 0 Å². The van der Waals surface area contributed by atoms with E-state index in [1.165, 1.54) is 0 Å². The molecule has 1 N–H and O–H groups in total. The summed E-state index contributed by atoms with van der Waals surface area (Å²) in [5.74, 6) is 1.96. The van der Waals surface area contributed by atoms with Crippen molar-refractivity contribution in [3.05, 3.63) is 0 Å². The van der Waals surface area contributed by atoms with Gasteiger partial charge < -0.3 is 5.11 Å². The van der Waals surface area contributed by atoms with Gasteiger partial charge in [-0.2, -0.15) is 0 Å². The molecule has 4 rings (SSSR count). The first kappa shape index (κ1) is 14.9. The second-order valence-electron chi connectivity index (χ2n) is 9.15. The number of aliphatic hydroxyl groups excluding tert-OH is 1. The van der Waals surface area contributed by atoms with Gasteiger partial charge in [-0.05, 0) is 60.7 Å². The van der Waals surface area contributed by atoms with Crippen molar-refractivity contribution in [2.45, 2.75) is 71.3 Å². The number of Topliss-reactive ketones (excluding diaryl/α,β-unsaturated/α-hetero) is 2. The molecule has 7 atom stereocenters. The van der Waals surface area contributed by atoms with E-state index in [-0.39, 0.29) is 28.8 Å². The standard InChI is InChI=1S/C19H28O3/c1-18-5-4-14-17(15(18)9-13(21)10-18)16(22)8-11-7-12(20)3-6-19(11,14)2/h11-12,14-15,17,20H,3-10H2,1-2H3. The molecule has 4 aliphatic rings. The molecule has 0 aromatic rings. The van der Waals surface area contributed by atoms with E-state index in [0.29, 0.717) is 42.7 Å². The molecule has 0 heterocycles. The minimum absolute atomic E-state index is 0.0747. The second kappa shape index (κ2) is 4.66. The predicted octanol–water partition coefficient (Wildman–Crippen LogP) is 3.14. The molecule has 0 aromatic carbocycles. The summed E-state index contributed by atoms with van der Waals surface area (Å²) >= 11 is 0. The Morgan fingerprint density at radius 1 is 1.05 bits per heavy atom. The van der Waals surface area contributed by atoms with Crippen molar-refractivity contribution in [1.82, 2.24) is 0 Å². The first-order valence-electron chi connectivity index (χ1n) is 9.06. The van der Waals surface area contributed by atoms with Crippen molar-refractivity contribution in [3.8, 4) is 0 Å². The van der Waals surface area contributed by atoms with Crippen LogP contribution in [-0.2, 0) is 9.59 Å². The molecule has 4 saturated carbocycles. The fourth-order valence-corrected chi connectivity index (χ4v) is 6.69. The van der Waals surface area contributed by atoms with Crippen LogP contribution in [0.5, 0.6) is 0 Å². The third-order valence-corrected chi connectivity index (χ3v) is 8.01. The van der Waals surface area contributed by atoms with Gasteiger partial charge in [0.05, 0.1) is 6.10 Å². The maximum absolute atomic E-state index is 12.9. The highest BCUT2D eigenvalue weighted by atomic mass is 16.3. The van der Waals surface area contributed by atoms with Gasteiger partial charge in [0, 0.05) is 25.2 Å². The van der Waals surface area contributed by atoms with E-state index in [2.05, 4.69) is 13.8 Å². The molecule has 0 saturated heterocycles. The summed E-state index contributed by atoms with van der Waals surface area (Å²) in [7, 11) is 0. The maximum atomic E-state index is 12.9. The van der Waals surface area contributed by atoms with Gasteiger partial charge in [-0.15, -0.1) is 0 Å². The van der Waals surface area contributed by atoms with Crippen LogP contribution in [0.4, 0.5) is 0 Å². The molecule has 4 aliphatic carbocycles. The van der Waals surface area contributed by atoms with Gasteiger partial charge in [0.1, 0.15) is 11.6 Å². The first-order chi connectivity index (χ1) is 10.3. The van der Waals surface area contributed by atoms with Gasteiger partial charge in [-0.1, -0.05) is 13.8 Å². The lowest BCUT2D eigenvalue weighted by Crippen LogP contribution is -2.56. The van der Waals surface area contributed by atoms with Gasteiger partial charge in [0.25, 0.3) is 0 Å². The minimum Gasteiger partial charge on any atom is -0.393 e. The van der Waals surface area contributed by atoms with Crippen molar-refractivity contribution >= 4 is 11.6 Å². The number of rotatable bonds is 0. The highest BCUT2D eigenvalue weighted by molar-refractivity contribution is 5.87. The van der Waals surface area contributed by atoms with Crippen LogP contribution in [0.3, 0.4) is 0 Å². The smallest absolute Gasteiger partial charge is 0.136 e. The van der Waals surface area contributed by atoms with E-state index in [0.717, 1.165) is 32.1 Å². The molecule has 3 nitrogen and oxygen atoms in total. The van der Waals surface area contributed by atoms with Crippen LogP contribution < -0.4 is 0 Å². The van der Waals surface area contributed by atoms with Crippen molar-refractivity contribution < 1.29 is 14.7 Å². The van der Waals surface area contributed by atoms with Gasteiger partial charge in [-0.25, -0.2) is 0 Å². The molecule has 7 unspecified atom stereocenters. The predicted molar refractivity (Wildman–Crippen MR) is 83.1 cm³/mol. The number of hydrogen-bond donors (Lipinski definition) is 1. The summed E-state index contributed by atoms with van der Waals surface area (Å²) in [6.45, 7) is 4.61. The van der Waals surface area contributed by atoms with Crippen molar-refractivity contribution in [2.75, 3.05) is 0 Å². The summed E-state index contributed by atoms with van der Waals surface area (Å²) in [6.07, 6.45) is 6.66. The van der Waals surface area contributed by atoms with Gasteiger partial charge in [-0.3, -0.25) is 9.59 Å². The Kier molecular flexibility index (Phi) is 3.15. The topological polar surface area (TPSA) is 54.4 Å². The minimum atomic E-state index is -0.218. The Labute approximate surface area is 132 Å². The van der Waals surface area contributed by atoms with Crippen LogP contribution >= 0.6 is 0 Å². The molecule has 0 spiro atoms. The Hall–Kier alpha value is -0.700. The first-order valence-corrected chi connectivity index (χ1v) is 9.06. The average molecular weight is 304 g/mol. The third-order valence-electron chi connectivity index (χ3n) is 8.01. The SMILES string of the molecule is CC12CCC3C(C(=O)CC4CC(O)CCC43C)C1CC(=O)C2.